The molecule has 0 radical (unpaired) electrons. The molecule has 6 nitrogen and oxygen atoms in total. The van der Waals surface area contributed by atoms with E-state index in [0.717, 1.165) is 40.0 Å². The number of allylic oxidation sites excluding steroid dienone is 1. The number of hydrogen-bond donors (Lipinski definition) is 2. The number of pyridine rings is 1. The van der Waals surface area contributed by atoms with Gasteiger partial charge in [0.25, 0.3) is 0 Å². The molecule has 3 aromatic carbocycles. The van der Waals surface area contributed by atoms with E-state index < -0.39 is 6.04 Å². The Labute approximate surface area is 232 Å². The van der Waals surface area contributed by atoms with E-state index in [1.54, 1.807) is 6.20 Å². The van der Waals surface area contributed by atoms with Gasteiger partial charge in [0, 0.05) is 28.1 Å². The first kappa shape index (κ1) is 25.1. The molecular weight excluding hydrogens is 508 g/mol. The number of aromatic nitrogens is 1. The molecule has 1 amide bonds. The fourth-order valence-electron chi connectivity index (χ4n) is 5.71. The Balaban J connectivity index is 1.43. The summed E-state index contributed by atoms with van der Waals surface area (Å²) in [6.07, 6.45) is 2.84. The Morgan fingerprint density at radius 1 is 1.05 bits per heavy atom. The van der Waals surface area contributed by atoms with Gasteiger partial charge in [0.05, 0.1) is 41.4 Å². The highest BCUT2D eigenvalue weighted by Gasteiger charge is 2.41. The Morgan fingerprint density at radius 2 is 1.79 bits per heavy atom. The molecule has 0 fully saturated rings. The molecule has 39 heavy (non-hydrogen) atoms. The van der Waals surface area contributed by atoms with E-state index in [2.05, 4.69) is 29.5 Å². The minimum atomic E-state index is -0.461. The maximum Gasteiger partial charge on any atom is 0.243 e. The summed E-state index contributed by atoms with van der Waals surface area (Å²) in [6.45, 7) is 4.27. The lowest BCUT2D eigenvalue weighted by atomic mass is 9.73. The van der Waals surface area contributed by atoms with Gasteiger partial charge in [-0.05, 0) is 53.8 Å². The zero-order chi connectivity index (χ0) is 27.1. The van der Waals surface area contributed by atoms with E-state index in [4.69, 9.17) is 11.6 Å². The van der Waals surface area contributed by atoms with Crippen molar-refractivity contribution in [1.29, 1.82) is 0 Å². The number of nitrogens with zero attached hydrogens (tertiary/aromatic N) is 2. The maximum absolute atomic E-state index is 13.8. The molecule has 1 aliphatic heterocycles. The normalized spacial score (nSPS) is 18.2. The van der Waals surface area contributed by atoms with Crippen LogP contribution in [-0.4, -0.2) is 23.2 Å². The van der Waals surface area contributed by atoms with Crippen LogP contribution in [0.5, 0.6) is 0 Å². The van der Waals surface area contributed by atoms with E-state index in [0.29, 0.717) is 22.7 Å². The number of Topliss-reactive ketones (excluding diaryl/α,β-unsaturated/α-hetero) is 1. The van der Waals surface area contributed by atoms with Crippen LogP contribution < -0.4 is 15.5 Å². The zero-order valence-corrected chi connectivity index (χ0v) is 22.6. The number of carbonyl (C=O) groups is 2. The van der Waals surface area contributed by atoms with Crippen molar-refractivity contribution in [3.05, 3.63) is 107 Å². The zero-order valence-electron chi connectivity index (χ0n) is 21.9. The second-order valence-electron chi connectivity index (χ2n) is 11.0. The molecule has 7 heteroatoms. The lowest BCUT2D eigenvalue weighted by Crippen LogP contribution is -2.40. The predicted octanol–water partition coefficient (Wildman–Crippen LogP) is 7.14. The van der Waals surface area contributed by atoms with Crippen LogP contribution >= 0.6 is 11.6 Å². The summed E-state index contributed by atoms with van der Waals surface area (Å²) in [5.74, 6) is -0.112. The van der Waals surface area contributed by atoms with Crippen molar-refractivity contribution in [2.75, 3.05) is 22.1 Å². The lowest BCUT2D eigenvalue weighted by Gasteiger charge is -2.37. The number of anilines is 3. The highest BCUT2D eigenvalue weighted by Crippen LogP contribution is 2.48. The smallest absolute Gasteiger partial charge is 0.243 e. The van der Waals surface area contributed by atoms with E-state index in [1.807, 2.05) is 83.8 Å². The molecule has 6 rings (SSSR count). The molecule has 1 aromatic heterocycles. The quantitative estimate of drug-likeness (QED) is 0.290. The molecular formula is C32H29ClN4O2. The van der Waals surface area contributed by atoms with Crippen LogP contribution in [0.25, 0.3) is 10.9 Å². The van der Waals surface area contributed by atoms with Crippen molar-refractivity contribution < 1.29 is 9.59 Å². The third kappa shape index (κ3) is 5.00. The molecule has 0 bridgehead atoms. The van der Waals surface area contributed by atoms with Crippen LogP contribution in [0.3, 0.4) is 0 Å². The van der Waals surface area contributed by atoms with Gasteiger partial charge in [-0.3, -0.25) is 14.6 Å². The number of nitrogens with one attached hydrogen (secondary N) is 2. The molecule has 0 saturated carbocycles. The molecule has 0 saturated heterocycles. The van der Waals surface area contributed by atoms with Gasteiger partial charge in [0.15, 0.2) is 5.78 Å². The van der Waals surface area contributed by atoms with Gasteiger partial charge < -0.3 is 15.5 Å². The first-order valence-corrected chi connectivity index (χ1v) is 13.4. The summed E-state index contributed by atoms with van der Waals surface area (Å²) >= 11 is 6.24. The molecule has 4 aromatic rings. The van der Waals surface area contributed by atoms with Gasteiger partial charge >= 0.3 is 0 Å². The first-order valence-electron chi connectivity index (χ1n) is 13.1. The predicted molar refractivity (Wildman–Crippen MR) is 157 cm³/mol. The number of halogens is 1. The molecule has 1 unspecified atom stereocenters. The van der Waals surface area contributed by atoms with Gasteiger partial charge in [-0.1, -0.05) is 67.9 Å². The summed E-state index contributed by atoms with van der Waals surface area (Å²) in [6, 6.07) is 24.7. The molecule has 196 valence electrons. The molecule has 0 spiro atoms. The monoisotopic (exact) mass is 536 g/mol. The van der Waals surface area contributed by atoms with Crippen molar-refractivity contribution in [3.63, 3.8) is 0 Å². The summed E-state index contributed by atoms with van der Waals surface area (Å²) < 4.78 is 0. The number of para-hydroxylation sites is 3. The van der Waals surface area contributed by atoms with Crippen LogP contribution in [0.1, 0.15) is 38.3 Å². The van der Waals surface area contributed by atoms with Crippen molar-refractivity contribution in [2.45, 2.75) is 32.7 Å². The van der Waals surface area contributed by atoms with Gasteiger partial charge in [-0.15, -0.1) is 0 Å². The van der Waals surface area contributed by atoms with E-state index in [1.165, 1.54) is 0 Å². The number of hydrogen-bond acceptors (Lipinski definition) is 5. The summed E-state index contributed by atoms with van der Waals surface area (Å²) in [5.41, 5.74) is 5.55. The largest absolute Gasteiger partial charge is 0.357 e. The summed E-state index contributed by atoms with van der Waals surface area (Å²) in [4.78, 5) is 33.9. The second kappa shape index (κ2) is 9.86. The molecule has 2 N–H and O–H groups in total. The number of fused-ring (bicyclic) bond motifs is 2. The van der Waals surface area contributed by atoms with Crippen molar-refractivity contribution in [3.8, 4) is 0 Å². The average molecular weight is 537 g/mol. The van der Waals surface area contributed by atoms with Gasteiger partial charge in [0.1, 0.15) is 0 Å². The van der Waals surface area contributed by atoms with Crippen LogP contribution in [-0.2, 0) is 9.59 Å². The Morgan fingerprint density at radius 3 is 2.62 bits per heavy atom. The van der Waals surface area contributed by atoms with Crippen molar-refractivity contribution in [1.82, 2.24) is 4.98 Å². The van der Waals surface area contributed by atoms with Crippen LogP contribution in [0.4, 0.5) is 17.1 Å². The van der Waals surface area contributed by atoms with Crippen molar-refractivity contribution >= 4 is 51.3 Å². The molecule has 1 aliphatic carbocycles. The number of carbonyl (C=O) groups excluding carboxylic acids is 2. The van der Waals surface area contributed by atoms with Crippen molar-refractivity contribution in [2.24, 2.45) is 5.41 Å². The summed E-state index contributed by atoms with van der Waals surface area (Å²) in [7, 11) is 0. The SMILES string of the molecule is CC1(C)CC(=O)C2=C(C1)Nc1ccccc1N(CC(=O)Nc1cnc3ccccc3c1)C2c1ccc(Cl)cc1. The Hall–Kier alpha value is -4.16. The Bertz CT molecular complexity index is 1630. The van der Waals surface area contributed by atoms with Gasteiger partial charge in [-0.25, -0.2) is 0 Å². The fourth-order valence-corrected chi connectivity index (χ4v) is 5.84. The highest BCUT2D eigenvalue weighted by atomic mass is 35.5. The van der Waals surface area contributed by atoms with Gasteiger partial charge in [0.2, 0.25) is 5.91 Å². The third-order valence-corrected chi connectivity index (χ3v) is 7.63. The second-order valence-corrected chi connectivity index (χ2v) is 11.5. The van der Waals surface area contributed by atoms with E-state index in [-0.39, 0.29) is 23.7 Å². The van der Waals surface area contributed by atoms with Crippen LogP contribution in [0.2, 0.25) is 5.02 Å². The van der Waals surface area contributed by atoms with E-state index >= 15 is 0 Å². The molecule has 1 atom stereocenters. The molecule has 2 aliphatic rings. The number of ketones is 1. The minimum absolute atomic E-state index is 0.0340. The van der Waals surface area contributed by atoms with Crippen LogP contribution in [0.15, 0.2) is 96.3 Å². The molecule has 2 heterocycles. The van der Waals surface area contributed by atoms with E-state index in [9.17, 15) is 9.59 Å². The number of amides is 1. The first-order chi connectivity index (χ1) is 18.8. The van der Waals surface area contributed by atoms with Crippen LogP contribution in [0, 0.1) is 5.41 Å². The third-order valence-electron chi connectivity index (χ3n) is 7.38. The Kier molecular flexibility index (Phi) is 6.35. The number of benzene rings is 3. The maximum atomic E-state index is 13.8. The fraction of sp³-hybridized carbons (Fsp3) is 0.219. The lowest BCUT2D eigenvalue weighted by molar-refractivity contribution is -0.119. The standard InChI is InChI=1S/C32H29ClN4O2/c1-32(2)16-26-30(28(38)17-32)31(20-11-13-22(33)14-12-20)37(27-10-6-5-9-25(27)36-26)19-29(39)35-23-15-21-7-3-4-8-24(21)34-18-23/h3-15,18,31,36H,16-17,19H2,1-2H3,(H,35,39). The topological polar surface area (TPSA) is 74.3 Å². The minimum Gasteiger partial charge on any atom is -0.357 e. The number of rotatable bonds is 4. The summed E-state index contributed by atoms with van der Waals surface area (Å²) in [5, 5.41) is 8.17. The van der Waals surface area contributed by atoms with Gasteiger partial charge in [-0.2, -0.15) is 0 Å². The average Bonchev–Trinajstić information content (AvgIpc) is 3.03. The highest BCUT2D eigenvalue weighted by molar-refractivity contribution is 6.30.